The highest BCUT2D eigenvalue weighted by atomic mass is 16.7. The first-order chi connectivity index (χ1) is 34.8. The molecule has 0 aromatic carbocycles. The van der Waals surface area contributed by atoms with Crippen molar-refractivity contribution in [2.24, 2.45) is 0 Å². The van der Waals surface area contributed by atoms with Gasteiger partial charge in [0.25, 0.3) is 0 Å². The van der Waals surface area contributed by atoms with E-state index in [0.717, 1.165) is 109 Å². The summed E-state index contributed by atoms with van der Waals surface area (Å²) in [4.78, 5) is 13.0. The number of hydrogen-bond donors (Lipinski definition) is 6. The van der Waals surface area contributed by atoms with Crippen LogP contribution in [-0.2, 0) is 14.3 Å². The van der Waals surface area contributed by atoms with Gasteiger partial charge in [-0.15, -0.1) is 0 Å². The number of aliphatic hydroxyl groups excluding tert-OH is 5. The molecule has 0 bridgehead atoms. The molecule has 0 radical (unpaired) electrons. The maximum absolute atomic E-state index is 13.0. The minimum atomic E-state index is -1.58. The van der Waals surface area contributed by atoms with Crippen LogP contribution in [0.15, 0.2) is 134 Å². The van der Waals surface area contributed by atoms with Gasteiger partial charge in [-0.25, -0.2) is 0 Å². The van der Waals surface area contributed by atoms with Gasteiger partial charge in [-0.05, 0) is 103 Å². The molecule has 0 saturated carbocycles. The Bertz CT molecular complexity index is 1570. The summed E-state index contributed by atoms with van der Waals surface area (Å²) in [6.07, 6.45) is 69.7. The zero-order valence-electron chi connectivity index (χ0n) is 44.4. The molecule has 1 aliphatic rings. The van der Waals surface area contributed by atoms with Gasteiger partial charge in [0.2, 0.25) is 5.91 Å². The van der Waals surface area contributed by atoms with Crippen LogP contribution in [0.4, 0.5) is 0 Å². The fourth-order valence-corrected chi connectivity index (χ4v) is 7.81. The zero-order valence-corrected chi connectivity index (χ0v) is 44.4. The Morgan fingerprint density at radius 1 is 0.493 bits per heavy atom. The van der Waals surface area contributed by atoms with Crippen LogP contribution >= 0.6 is 0 Å². The molecule has 1 rings (SSSR count). The first kappa shape index (κ1) is 65.3. The van der Waals surface area contributed by atoms with Gasteiger partial charge in [-0.1, -0.05) is 218 Å². The van der Waals surface area contributed by atoms with E-state index >= 15 is 0 Å². The summed E-state index contributed by atoms with van der Waals surface area (Å²) in [6.45, 7) is 3.56. The highest BCUT2D eigenvalue weighted by Crippen LogP contribution is 2.22. The Morgan fingerprint density at radius 2 is 0.887 bits per heavy atom. The molecule has 6 N–H and O–H groups in total. The van der Waals surface area contributed by atoms with E-state index in [-0.39, 0.29) is 12.5 Å². The van der Waals surface area contributed by atoms with Crippen LogP contribution in [0, 0.1) is 0 Å². The highest BCUT2D eigenvalue weighted by Gasteiger charge is 2.44. The molecule has 9 heteroatoms. The molecule has 7 unspecified atom stereocenters. The molecule has 0 aromatic rings. The van der Waals surface area contributed by atoms with Gasteiger partial charge in [0.15, 0.2) is 6.29 Å². The Morgan fingerprint density at radius 3 is 1.35 bits per heavy atom. The number of carbonyl (C=O) groups excluding carboxylic acids is 1. The van der Waals surface area contributed by atoms with Crippen LogP contribution in [-0.4, -0.2) is 87.5 Å². The molecule has 7 atom stereocenters. The topological polar surface area (TPSA) is 149 Å². The van der Waals surface area contributed by atoms with Crippen molar-refractivity contribution < 1.29 is 39.8 Å². The van der Waals surface area contributed by atoms with E-state index < -0.39 is 49.5 Å². The molecule has 1 amide bonds. The molecular weight excluding hydrogens is 887 g/mol. The number of amides is 1. The monoisotopic (exact) mass is 988 g/mol. The van der Waals surface area contributed by atoms with Gasteiger partial charge in [-0.2, -0.15) is 0 Å². The maximum Gasteiger partial charge on any atom is 0.220 e. The second-order valence-electron chi connectivity index (χ2n) is 18.6. The number of ether oxygens (including phenoxy) is 2. The summed E-state index contributed by atoms with van der Waals surface area (Å²) >= 11 is 0. The van der Waals surface area contributed by atoms with Gasteiger partial charge in [0.05, 0.1) is 25.4 Å². The van der Waals surface area contributed by atoms with Crippen LogP contribution in [0.3, 0.4) is 0 Å². The number of nitrogens with one attached hydrogen (secondary N) is 1. The van der Waals surface area contributed by atoms with Crippen molar-refractivity contribution >= 4 is 5.91 Å². The van der Waals surface area contributed by atoms with E-state index in [4.69, 9.17) is 9.47 Å². The Hall–Kier alpha value is -3.67. The first-order valence-corrected chi connectivity index (χ1v) is 27.9. The van der Waals surface area contributed by atoms with E-state index in [9.17, 15) is 30.3 Å². The van der Waals surface area contributed by atoms with Crippen molar-refractivity contribution in [1.82, 2.24) is 5.32 Å². The predicted molar refractivity (Wildman–Crippen MR) is 299 cm³/mol. The fraction of sp³-hybridized carbons (Fsp3) is 0.629. The van der Waals surface area contributed by atoms with Gasteiger partial charge in [-0.3, -0.25) is 4.79 Å². The predicted octanol–water partition coefficient (Wildman–Crippen LogP) is 13.7. The Balaban J connectivity index is 2.11. The average molecular weight is 988 g/mol. The van der Waals surface area contributed by atoms with Gasteiger partial charge in [0, 0.05) is 6.42 Å². The number of hydrogen-bond acceptors (Lipinski definition) is 8. The van der Waals surface area contributed by atoms with E-state index in [0.29, 0.717) is 6.42 Å². The van der Waals surface area contributed by atoms with E-state index in [1.807, 2.05) is 6.08 Å². The molecule has 71 heavy (non-hydrogen) atoms. The van der Waals surface area contributed by atoms with Gasteiger partial charge in [0.1, 0.15) is 24.4 Å². The number of carbonyl (C=O) groups is 1. The van der Waals surface area contributed by atoms with Crippen molar-refractivity contribution in [3.63, 3.8) is 0 Å². The fourth-order valence-electron chi connectivity index (χ4n) is 7.81. The third kappa shape index (κ3) is 39.5. The van der Waals surface area contributed by atoms with Crippen LogP contribution in [0.25, 0.3) is 0 Å². The molecule has 0 aliphatic carbocycles. The average Bonchev–Trinajstić information content (AvgIpc) is 3.37. The van der Waals surface area contributed by atoms with Crippen molar-refractivity contribution in [1.29, 1.82) is 0 Å². The lowest BCUT2D eigenvalue weighted by Gasteiger charge is -2.40. The third-order valence-corrected chi connectivity index (χ3v) is 12.2. The molecule has 1 aliphatic heterocycles. The summed E-state index contributed by atoms with van der Waals surface area (Å²) in [7, 11) is 0. The van der Waals surface area contributed by atoms with E-state index in [2.05, 4.69) is 141 Å². The second kappa shape index (κ2) is 49.9. The van der Waals surface area contributed by atoms with Crippen LogP contribution in [0.2, 0.25) is 0 Å². The van der Waals surface area contributed by atoms with Crippen molar-refractivity contribution in [3.8, 4) is 0 Å². The maximum atomic E-state index is 13.0. The lowest BCUT2D eigenvalue weighted by molar-refractivity contribution is -0.302. The van der Waals surface area contributed by atoms with Crippen LogP contribution < -0.4 is 5.32 Å². The molecule has 1 heterocycles. The quantitative estimate of drug-likeness (QED) is 0.0261. The van der Waals surface area contributed by atoms with Crippen molar-refractivity contribution in [2.75, 3.05) is 13.2 Å². The minimum Gasteiger partial charge on any atom is -0.394 e. The summed E-state index contributed by atoms with van der Waals surface area (Å²) in [6, 6.07) is -0.829. The van der Waals surface area contributed by atoms with Crippen LogP contribution in [0.1, 0.15) is 194 Å². The van der Waals surface area contributed by atoms with Gasteiger partial charge >= 0.3 is 0 Å². The zero-order chi connectivity index (χ0) is 51.5. The number of allylic oxidation sites excluding steroid dienone is 21. The summed E-state index contributed by atoms with van der Waals surface area (Å²) in [5.74, 6) is -0.199. The number of rotatable bonds is 45. The molecular formula is C62H101NO8. The smallest absolute Gasteiger partial charge is 0.220 e. The summed E-state index contributed by atoms with van der Waals surface area (Å²) < 4.78 is 11.2. The molecule has 1 fully saturated rings. The second-order valence-corrected chi connectivity index (χ2v) is 18.6. The molecule has 402 valence electrons. The normalized spacial score (nSPS) is 20.4. The Kier molecular flexibility index (Phi) is 45.9. The molecule has 9 nitrogen and oxygen atoms in total. The van der Waals surface area contributed by atoms with Crippen LogP contribution in [0.5, 0.6) is 0 Å². The lowest BCUT2D eigenvalue weighted by Crippen LogP contribution is -2.60. The first-order valence-electron chi connectivity index (χ1n) is 27.9. The molecule has 0 aromatic heterocycles. The number of unbranched alkanes of at least 4 members (excludes halogenated alkanes) is 15. The number of aliphatic hydroxyl groups is 5. The van der Waals surface area contributed by atoms with Crippen molar-refractivity contribution in [2.45, 2.75) is 236 Å². The molecule has 0 spiro atoms. The molecule has 1 saturated heterocycles. The SMILES string of the molecule is CC/C=C\C/C=C\C/C=C\C/C=C\C/C=C\C/C=C\C/C=C\C/C=C\C/C=C\CCCCCCCCCCCCCC(=O)NC(COC1OC(CO)C(O)C(O)C1O)C(O)/C=C/CC/C=C/CCCCC. The summed E-state index contributed by atoms with van der Waals surface area (Å²) in [5.41, 5.74) is 0. The minimum absolute atomic E-state index is 0.199. The van der Waals surface area contributed by atoms with Crippen molar-refractivity contribution in [3.05, 3.63) is 134 Å². The third-order valence-electron chi connectivity index (χ3n) is 12.2. The Labute approximate surface area is 432 Å². The largest absolute Gasteiger partial charge is 0.394 e. The lowest BCUT2D eigenvalue weighted by atomic mass is 9.99. The van der Waals surface area contributed by atoms with E-state index in [1.165, 1.54) is 64.2 Å². The summed E-state index contributed by atoms with van der Waals surface area (Å²) in [5, 5.41) is 54.1. The standard InChI is InChI=1S/C62H101NO8/c1-3-5-7-9-11-13-14-15-16-17-18-19-20-21-22-23-24-25-26-27-28-29-30-31-32-33-34-35-36-37-38-39-40-41-42-44-46-48-50-52-58(66)63-55(56(65)51-49-47-45-43-12-10-8-6-4-2)54-70-62-61(69)60(68)59(67)57(53-64)71-62/h5,7,11-13,15-16,18-19,21-22,24-25,27-28,30-31,33-34,43,49,51,55-57,59-62,64-65,67-69H,3-4,6,8-10,14,17,20,23,26,29,32,35-42,44-48,50,52-54H2,1-2H3,(H,63,66)/b7-5-,13-11-,16-15-,19-18-,22-21-,25-24-,28-27-,31-30-,34-33-,43-12+,51-49+. The highest BCUT2D eigenvalue weighted by molar-refractivity contribution is 5.76. The van der Waals surface area contributed by atoms with Gasteiger partial charge < -0.3 is 40.3 Å². The van der Waals surface area contributed by atoms with E-state index in [1.54, 1.807) is 6.08 Å².